The second-order valence-corrected chi connectivity index (χ2v) is 5.45. The SMILES string of the molecule is CN(c1cnc2ncccc2n1)C1CCCCN1.O=C(O)C(F)(F)F. The highest BCUT2D eigenvalue weighted by molar-refractivity contribution is 5.73. The molecule has 25 heavy (non-hydrogen) atoms. The minimum Gasteiger partial charge on any atom is -0.475 e. The highest BCUT2D eigenvalue weighted by Gasteiger charge is 2.38. The summed E-state index contributed by atoms with van der Waals surface area (Å²) in [5, 5.41) is 10.6. The Morgan fingerprint density at radius 2 is 2.08 bits per heavy atom. The topological polar surface area (TPSA) is 91.2 Å². The number of pyridine rings is 1. The summed E-state index contributed by atoms with van der Waals surface area (Å²) in [7, 11) is 2.06. The fraction of sp³-hybridized carbons (Fsp3) is 0.467. The number of fused-ring (bicyclic) bond motifs is 1. The van der Waals surface area contributed by atoms with Gasteiger partial charge in [0.05, 0.1) is 12.4 Å². The molecule has 0 radical (unpaired) electrons. The van der Waals surface area contributed by atoms with Gasteiger partial charge in [-0.05, 0) is 37.9 Å². The number of anilines is 1. The molecule has 0 aliphatic carbocycles. The lowest BCUT2D eigenvalue weighted by Gasteiger charge is -2.32. The minimum atomic E-state index is -5.08. The first-order valence-corrected chi connectivity index (χ1v) is 7.63. The van der Waals surface area contributed by atoms with Crippen LogP contribution in [0.3, 0.4) is 0 Å². The smallest absolute Gasteiger partial charge is 0.475 e. The van der Waals surface area contributed by atoms with Crippen molar-refractivity contribution >= 4 is 23.0 Å². The van der Waals surface area contributed by atoms with Crippen LogP contribution in [0.25, 0.3) is 11.2 Å². The molecule has 2 aromatic rings. The summed E-state index contributed by atoms with van der Waals surface area (Å²) in [6.45, 7) is 1.08. The third-order valence-electron chi connectivity index (χ3n) is 3.66. The van der Waals surface area contributed by atoms with Gasteiger partial charge >= 0.3 is 12.1 Å². The van der Waals surface area contributed by atoms with E-state index in [4.69, 9.17) is 9.90 Å². The lowest BCUT2D eigenvalue weighted by molar-refractivity contribution is -0.192. The van der Waals surface area contributed by atoms with Crippen LogP contribution in [0, 0.1) is 0 Å². The highest BCUT2D eigenvalue weighted by atomic mass is 19.4. The van der Waals surface area contributed by atoms with E-state index in [9.17, 15) is 13.2 Å². The summed E-state index contributed by atoms with van der Waals surface area (Å²) in [5.74, 6) is -1.86. The summed E-state index contributed by atoms with van der Waals surface area (Å²) in [6, 6.07) is 3.83. The second-order valence-electron chi connectivity index (χ2n) is 5.45. The van der Waals surface area contributed by atoms with E-state index in [1.807, 2.05) is 12.1 Å². The van der Waals surface area contributed by atoms with Crippen molar-refractivity contribution in [2.75, 3.05) is 18.5 Å². The van der Waals surface area contributed by atoms with Crippen molar-refractivity contribution in [1.29, 1.82) is 0 Å². The van der Waals surface area contributed by atoms with Crippen LogP contribution in [0.2, 0.25) is 0 Å². The molecular formula is C15H18F3N5O2. The van der Waals surface area contributed by atoms with Gasteiger partial charge in [0, 0.05) is 13.2 Å². The molecule has 7 nitrogen and oxygen atoms in total. The maximum absolute atomic E-state index is 10.6. The zero-order valence-corrected chi connectivity index (χ0v) is 13.5. The largest absolute Gasteiger partial charge is 0.490 e. The van der Waals surface area contributed by atoms with E-state index in [0.29, 0.717) is 11.8 Å². The summed E-state index contributed by atoms with van der Waals surface area (Å²) in [4.78, 5) is 24.2. The highest BCUT2D eigenvalue weighted by Crippen LogP contribution is 2.18. The van der Waals surface area contributed by atoms with Crippen LogP contribution in [-0.4, -0.2) is 52.0 Å². The quantitative estimate of drug-likeness (QED) is 0.851. The molecule has 10 heteroatoms. The Kier molecular flexibility index (Phi) is 6.07. The Balaban J connectivity index is 0.000000277. The zero-order chi connectivity index (χ0) is 18.4. The molecule has 3 rings (SSSR count). The van der Waals surface area contributed by atoms with E-state index in [1.165, 1.54) is 12.8 Å². The number of nitrogens with one attached hydrogen (secondary N) is 1. The number of hydrogen-bond acceptors (Lipinski definition) is 6. The summed E-state index contributed by atoms with van der Waals surface area (Å²) in [5.41, 5.74) is 1.55. The fourth-order valence-electron chi connectivity index (χ4n) is 2.34. The van der Waals surface area contributed by atoms with E-state index in [0.717, 1.165) is 24.3 Å². The van der Waals surface area contributed by atoms with E-state index in [2.05, 4.69) is 32.2 Å². The number of aromatic nitrogens is 3. The van der Waals surface area contributed by atoms with E-state index in [-0.39, 0.29) is 0 Å². The number of carbonyl (C=O) groups is 1. The molecule has 0 aromatic carbocycles. The van der Waals surface area contributed by atoms with E-state index >= 15 is 0 Å². The Bertz CT molecular complexity index is 720. The monoisotopic (exact) mass is 357 g/mol. The molecule has 1 fully saturated rings. The number of carboxylic acids is 1. The Morgan fingerprint density at radius 1 is 1.36 bits per heavy atom. The average Bonchev–Trinajstić information content (AvgIpc) is 2.61. The van der Waals surface area contributed by atoms with E-state index in [1.54, 1.807) is 12.4 Å². The average molecular weight is 357 g/mol. The first-order valence-electron chi connectivity index (χ1n) is 7.63. The van der Waals surface area contributed by atoms with Crippen LogP contribution in [0.4, 0.5) is 19.0 Å². The van der Waals surface area contributed by atoms with Gasteiger partial charge in [0.15, 0.2) is 5.65 Å². The van der Waals surface area contributed by atoms with Gasteiger partial charge in [-0.3, -0.25) is 5.32 Å². The molecule has 1 atom stereocenters. The van der Waals surface area contributed by atoms with Gasteiger partial charge in [0.25, 0.3) is 0 Å². The van der Waals surface area contributed by atoms with Gasteiger partial charge in [-0.25, -0.2) is 19.7 Å². The predicted molar refractivity (Wildman–Crippen MR) is 85.1 cm³/mol. The van der Waals surface area contributed by atoms with Crippen molar-refractivity contribution in [3.8, 4) is 0 Å². The van der Waals surface area contributed by atoms with Gasteiger partial charge in [-0.15, -0.1) is 0 Å². The van der Waals surface area contributed by atoms with Crippen molar-refractivity contribution in [1.82, 2.24) is 20.3 Å². The number of piperidine rings is 1. The van der Waals surface area contributed by atoms with Crippen LogP contribution >= 0.6 is 0 Å². The third-order valence-corrected chi connectivity index (χ3v) is 3.66. The Morgan fingerprint density at radius 3 is 2.68 bits per heavy atom. The van der Waals surface area contributed by atoms with E-state index < -0.39 is 12.1 Å². The molecule has 2 aromatic heterocycles. The number of halogens is 3. The number of nitrogens with zero attached hydrogens (tertiary/aromatic N) is 4. The fourth-order valence-corrected chi connectivity index (χ4v) is 2.34. The summed E-state index contributed by atoms with van der Waals surface area (Å²) >= 11 is 0. The van der Waals surface area contributed by atoms with Crippen LogP contribution < -0.4 is 10.2 Å². The van der Waals surface area contributed by atoms with Gasteiger partial charge in [0.2, 0.25) is 0 Å². The standard InChI is InChI=1S/C13H17N5.C2HF3O2/c1-18(11-6-2-3-7-14-11)12-9-16-13-10(17-12)5-4-8-15-13;3-2(4,5)1(6)7/h4-5,8-9,11,14H,2-3,6-7H2,1H3;(H,6,7). The van der Waals surface area contributed by atoms with Gasteiger partial charge < -0.3 is 10.0 Å². The van der Waals surface area contributed by atoms with Crippen molar-refractivity contribution < 1.29 is 23.1 Å². The van der Waals surface area contributed by atoms with Gasteiger partial charge in [-0.2, -0.15) is 13.2 Å². The van der Waals surface area contributed by atoms with Crippen molar-refractivity contribution in [3.05, 3.63) is 24.5 Å². The molecule has 1 aliphatic rings. The molecule has 136 valence electrons. The number of rotatable bonds is 2. The molecule has 0 saturated carbocycles. The number of alkyl halides is 3. The summed E-state index contributed by atoms with van der Waals surface area (Å²) in [6.07, 6.45) is 2.50. The molecule has 0 amide bonds. The van der Waals surface area contributed by atoms with Crippen LogP contribution in [-0.2, 0) is 4.79 Å². The molecule has 3 heterocycles. The lowest BCUT2D eigenvalue weighted by atomic mass is 10.1. The first kappa shape index (κ1) is 18.8. The molecule has 0 bridgehead atoms. The molecule has 2 N–H and O–H groups in total. The normalized spacial score (nSPS) is 17.5. The maximum atomic E-state index is 10.6. The second kappa shape index (κ2) is 8.06. The van der Waals surface area contributed by atoms with Crippen molar-refractivity contribution in [3.63, 3.8) is 0 Å². The van der Waals surface area contributed by atoms with Crippen LogP contribution in [0.1, 0.15) is 19.3 Å². The van der Waals surface area contributed by atoms with Crippen molar-refractivity contribution in [2.45, 2.75) is 31.6 Å². The lowest BCUT2D eigenvalue weighted by Crippen LogP contribution is -2.46. The van der Waals surface area contributed by atoms with Crippen molar-refractivity contribution in [2.24, 2.45) is 0 Å². The van der Waals surface area contributed by atoms with Crippen LogP contribution in [0.5, 0.6) is 0 Å². The van der Waals surface area contributed by atoms with Crippen LogP contribution in [0.15, 0.2) is 24.5 Å². The molecule has 1 saturated heterocycles. The zero-order valence-electron chi connectivity index (χ0n) is 13.5. The maximum Gasteiger partial charge on any atom is 0.490 e. The summed E-state index contributed by atoms with van der Waals surface area (Å²) < 4.78 is 31.7. The minimum absolute atomic E-state index is 0.363. The third kappa shape index (κ3) is 5.24. The molecular weight excluding hydrogens is 339 g/mol. The molecule has 1 aliphatic heterocycles. The van der Waals surface area contributed by atoms with Gasteiger partial charge in [0.1, 0.15) is 11.3 Å². The van der Waals surface area contributed by atoms with Gasteiger partial charge in [-0.1, -0.05) is 0 Å². The Hall–Kier alpha value is -2.49. The molecule has 1 unspecified atom stereocenters. The number of hydrogen-bond donors (Lipinski definition) is 2. The Labute approximate surface area is 141 Å². The number of carboxylic acid groups (broad SMARTS) is 1. The number of aliphatic carboxylic acids is 1. The predicted octanol–water partition coefficient (Wildman–Crippen LogP) is 2.19. The first-order chi connectivity index (χ1) is 11.8. The molecule has 0 spiro atoms.